The van der Waals surface area contributed by atoms with Gasteiger partial charge in [0.1, 0.15) is 0 Å². The Hall–Kier alpha value is -3.17. The van der Waals surface area contributed by atoms with E-state index < -0.39 is 0 Å². The third-order valence-electron chi connectivity index (χ3n) is 8.18. The first-order chi connectivity index (χ1) is 18.6. The number of rotatable bonds is 6. The fourth-order valence-corrected chi connectivity index (χ4v) is 6.34. The molecule has 1 aromatic heterocycles. The number of nitrogens with one attached hydrogen (secondary N) is 2. The van der Waals surface area contributed by atoms with Crippen molar-refractivity contribution < 1.29 is 9.59 Å². The number of carbonyl (C=O) groups is 2. The largest absolute Gasteiger partial charge is 0.345 e. The molecule has 2 fully saturated rings. The molecule has 1 spiro atoms. The summed E-state index contributed by atoms with van der Waals surface area (Å²) in [5, 5.41) is 17.3. The SMILES string of the molecule is CC(C)(C)C1CCC2(CC1)CN(c1ccc(Cl)cc1Cl)C(=O)N2Cc1ccc(C(=O)NCc2nn[nH]n2)cc1. The zero-order valence-electron chi connectivity index (χ0n) is 22.4. The summed E-state index contributed by atoms with van der Waals surface area (Å²) in [5.74, 6) is 0.784. The van der Waals surface area contributed by atoms with Gasteiger partial charge in [-0.25, -0.2) is 4.79 Å². The van der Waals surface area contributed by atoms with Gasteiger partial charge in [-0.3, -0.25) is 9.69 Å². The Bertz CT molecular complexity index is 1330. The summed E-state index contributed by atoms with van der Waals surface area (Å²) in [5.41, 5.74) is 2.10. The van der Waals surface area contributed by atoms with Gasteiger partial charge in [-0.15, -0.1) is 10.2 Å². The third kappa shape index (κ3) is 5.75. The maximum absolute atomic E-state index is 13.9. The smallest absolute Gasteiger partial charge is 0.325 e. The van der Waals surface area contributed by atoms with Crippen LogP contribution in [0.1, 0.15) is 68.2 Å². The minimum Gasteiger partial charge on any atom is -0.345 e. The summed E-state index contributed by atoms with van der Waals surface area (Å²) in [6.45, 7) is 8.11. The molecule has 1 aliphatic carbocycles. The first kappa shape index (κ1) is 27.4. The fourth-order valence-electron chi connectivity index (χ4n) is 5.83. The molecule has 0 bridgehead atoms. The van der Waals surface area contributed by atoms with Crippen molar-refractivity contribution in [1.82, 2.24) is 30.8 Å². The summed E-state index contributed by atoms with van der Waals surface area (Å²) < 4.78 is 0. The molecule has 2 aromatic carbocycles. The van der Waals surface area contributed by atoms with Gasteiger partial charge in [0, 0.05) is 17.1 Å². The van der Waals surface area contributed by atoms with Gasteiger partial charge in [0.15, 0.2) is 5.82 Å². The lowest BCUT2D eigenvalue weighted by atomic mass is 9.67. The lowest BCUT2D eigenvalue weighted by Crippen LogP contribution is -2.50. The van der Waals surface area contributed by atoms with Crippen molar-refractivity contribution in [3.05, 3.63) is 69.5 Å². The van der Waals surface area contributed by atoms with Crippen molar-refractivity contribution in [2.24, 2.45) is 11.3 Å². The number of tetrazole rings is 1. The molecule has 206 valence electrons. The van der Waals surface area contributed by atoms with E-state index in [9.17, 15) is 9.59 Å². The summed E-state index contributed by atoms with van der Waals surface area (Å²) in [7, 11) is 0. The highest BCUT2D eigenvalue weighted by Crippen LogP contribution is 2.48. The number of nitrogens with zero attached hydrogens (tertiary/aromatic N) is 5. The van der Waals surface area contributed by atoms with Crippen LogP contribution in [0.4, 0.5) is 10.5 Å². The van der Waals surface area contributed by atoms with E-state index in [2.05, 4.69) is 46.7 Å². The first-order valence-corrected chi connectivity index (χ1v) is 13.9. The van der Waals surface area contributed by atoms with Gasteiger partial charge in [-0.05, 0) is 72.9 Å². The van der Waals surface area contributed by atoms with Crippen LogP contribution < -0.4 is 10.2 Å². The Kier molecular flexibility index (Phi) is 7.57. The number of hydrogen-bond acceptors (Lipinski definition) is 5. The summed E-state index contributed by atoms with van der Waals surface area (Å²) in [6, 6.07) is 12.6. The molecule has 0 atom stereocenters. The van der Waals surface area contributed by atoms with Crippen LogP contribution in [0.2, 0.25) is 10.0 Å². The van der Waals surface area contributed by atoms with Gasteiger partial charge < -0.3 is 10.2 Å². The van der Waals surface area contributed by atoms with Crippen molar-refractivity contribution in [3.63, 3.8) is 0 Å². The van der Waals surface area contributed by atoms with E-state index in [1.54, 1.807) is 29.2 Å². The minimum atomic E-state index is -0.289. The summed E-state index contributed by atoms with van der Waals surface area (Å²) >= 11 is 12.7. The molecule has 2 N–H and O–H groups in total. The van der Waals surface area contributed by atoms with Crippen molar-refractivity contribution in [2.75, 3.05) is 11.4 Å². The molecule has 2 aliphatic rings. The molecule has 1 aliphatic heterocycles. The second-order valence-corrected chi connectivity index (χ2v) is 12.5. The Morgan fingerprint density at radius 3 is 2.46 bits per heavy atom. The number of amides is 3. The Morgan fingerprint density at radius 1 is 1.13 bits per heavy atom. The highest BCUT2D eigenvalue weighted by molar-refractivity contribution is 6.36. The van der Waals surface area contributed by atoms with Crippen molar-refractivity contribution in [1.29, 1.82) is 0 Å². The van der Waals surface area contributed by atoms with Crippen molar-refractivity contribution in [3.8, 4) is 0 Å². The predicted octanol–water partition coefficient (Wildman–Crippen LogP) is 5.85. The topological polar surface area (TPSA) is 107 Å². The molecule has 0 unspecified atom stereocenters. The lowest BCUT2D eigenvalue weighted by molar-refractivity contribution is 0.0631. The van der Waals surface area contributed by atoms with E-state index in [1.807, 2.05) is 23.1 Å². The van der Waals surface area contributed by atoms with Crippen LogP contribution in [-0.2, 0) is 13.1 Å². The monoisotopic (exact) mass is 569 g/mol. The molecule has 2 heterocycles. The predicted molar refractivity (Wildman–Crippen MR) is 151 cm³/mol. The quantitative estimate of drug-likeness (QED) is 0.387. The molecule has 9 nitrogen and oxygen atoms in total. The molecule has 3 amide bonds. The summed E-state index contributed by atoms with van der Waals surface area (Å²) in [4.78, 5) is 30.3. The number of urea groups is 1. The minimum absolute atomic E-state index is 0.0598. The molecule has 1 saturated carbocycles. The van der Waals surface area contributed by atoms with Gasteiger partial charge in [0.25, 0.3) is 5.91 Å². The molecule has 3 aromatic rings. The maximum atomic E-state index is 13.9. The highest BCUT2D eigenvalue weighted by Gasteiger charge is 2.52. The number of carbonyl (C=O) groups excluding carboxylic acids is 2. The zero-order valence-corrected chi connectivity index (χ0v) is 23.9. The van der Waals surface area contributed by atoms with E-state index >= 15 is 0 Å². The molecular weight excluding hydrogens is 537 g/mol. The van der Waals surface area contributed by atoms with E-state index in [0.29, 0.717) is 46.1 Å². The lowest BCUT2D eigenvalue weighted by Gasteiger charge is -2.45. The van der Waals surface area contributed by atoms with E-state index in [1.165, 1.54) is 0 Å². The van der Waals surface area contributed by atoms with Crippen molar-refractivity contribution in [2.45, 2.75) is 65.1 Å². The number of benzene rings is 2. The van der Waals surface area contributed by atoms with Crippen LogP contribution in [0.3, 0.4) is 0 Å². The van der Waals surface area contributed by atoms with Gasteiger partial charge in [0.2, 0.25) is 0 Å². The zero-order chi connectivity index (χ0) is 27.8. The van der Waals surface area contributed by atoms with Crippen LogP contribution in [0.25, 0.3) is 0 Å². The Morgan fingerprint density at radius 2 is 1.85 bits per heavy atom. The van der Waals surface area contributed by atoms with E-state index in [4.69, 9.17) is 23.2 Å². The number of aromatic amines is 1. The number of anilines is 1. The van der Waals surface area contributed by atoms with Gasteiger partial charge >= 0.3 is 6.03 Å². The second kappa shape index (κ2) is 10.8. The molecule has 1 saturated heterocycles. The average molecular weight is 571 g/mol. The molecule has 0 radical (unpaired) electrons. The average Bonchev–Trinajstić information content (AvgIpc) is 3.51. The highest BCUT2D eigenvalue weighted by atomic mass is 35.5. The number of aromatic nitrogens is 4. The van der Waals surface area contributed by atoms with Crippen LogP contribution in [-0.4, -0.2) is 49.5 Å². The first-order valence-electron chi connectivity index (χ1n) is 13.2. The maximum Gasteiger partial charge on any atom is 0.325 e. The Labute approximate surface area is 238 Å². The Balaban J connectivity index is 1.36. The third-order valence-corrected chi connectivity index (χ3v) is 8.72. The normalized spacial score (nSPS) is 21.6. The van der Waals surface area contributed by atoms with Gasteiger partial charge in [-0.1, -0.05) is 61.3 Å². The number of hydrogen-bond donors (Lipinski definition) is 2. The fraction of sp³-hybridized carbons (Fsp3) is 0.464. The second-order valence-electron chi connectivity index (χ2n) is 11.6. The molecular formula is C28H33Cl2N7O2. The standard InChI is InChI=1S/C28H33Cl2N7O2/c1-27(2,3)20-10-12-28(13-11-20)17-36(23-9-8-21(29)14-22(23)30)26(39)37(28)16-18-4-6-19(7-5-18)25(38)31-15-24-32-34-35-33-24/h4-9,14,20H,10-13,15-17H2,1-3H3,(H,31,38)(H,32,33,34,35). The summed E-state index contributed by atoms with van der Waals surface area (Å²) in [6.07, 6.45) is 3.99. The van der Waals surface area contributed by atoms with Crippen molar-refractivity contribution >= 4 is 40.8 Å². The molecule has 11 heteroatoms. The van der Waals surface area contributed by atoms with Crippen LogP contribution in [0, 0.1) is 11.3 Å². The van der Waals surface area contributed by atoms with Gasteiger partial charge in [0.05, 0.1) is 29.3 Å². The van der Waals surface area contributed by atoms with Crippen LogP contribution >= 0.6 is 23.2 Å². The van der Waals surface area contributed by atoms with Gasteiger partial charge in [-0.2, -0.15) is 5.21 Å². The molecule has 5 rings (SSSR count). The number of halogens is 2. The number of H-pyrrole nitrogens is 1. The van der Waals surface area contributed by atoms with Crippen LogP contribution in [0.5, 0.6) is 0 Å². The van der Waals surface area contributed by atoms with E-state index in [0.717, 1.165) is 31.2 Å². The molecule has 39 heavy (non-hydrogen) atoms. The van der Waals surface area contributed by atoms with E-state index in [-0.39, 0.29) is 29.4 Å². The van der Waals surface area contributed by atoms with Crippen LogP contribution in [0.15, 0.2) is 42.5 Å².